The average Bonchev–Trinajstić information content (AvgIpc) is 2.51. The molecule has 1 aromatic rings. The molecule has 6 heteroatoms. The third kappa shape index (κ3) is 5.93. The van der Waals surface area contributed by atoms with Gasteiger partial charge in [0.25, 0.3) is 0 Å². The molecule has 1 amide bonds. The summed E-state index contributed by atoms with van der Waals surface area (Å²) >= 11 is 5.84. The Labute approximate surface area is 136 Å². The molecule has 2 N–H and O–H groups in total. The molecule has 0 aliphatic carbocycles. The van der Waals surface area contributed by atoms with E-state index in [9.17, 15) is 4.79 Å². The minimum atomic E-state index is 0.0737. The quantitative estimate of drug-likeness (QED) is 0.771. The van der Waals surface area contributed by atoms with Gasteiger partial charge in [-0.2, -0.15) is 0 Å². The van der Waals surface area contributed by atoms with Crippen LogP contribution in [0.2, 0.25) is 5.02 Å². The van der Waals surface area contributed by atoms with Gasteiger partial charge in [0.2, 0.25) is 5.91 Å². The first-order valence-corrected chi connectivity index (χ1v) is 8.12. The molecule has 0 saturated carbocycles. The Bertz CT molecular complexity index is 459. The molecule has 1 aliphatic rings. The summed E-state index contributed by atoms with van der Waals surface area (Å²) in [6.07, 6.45) is 0.813. The van der Waals surface area contributed by atoms with Gasteiger partial charge in [-0.3, -0.25) is 14.6 Å². The highest BCUT2D eigenvalue weighted by atomic mass is 35.5. The number of hydrogen-bond acceptors (Lipinski definition) is 4. The molecule has 22 heavy (non-hydrogen) atoms. The fraction of sp³-hybridized carbons (Fsp3) is 0.562. The molecule has 1 heterocycles. The number of amides is 1. The molecular formula is C16H24ClN3O2. The number of rotatable bonds is 7. The highest BCUT2D eigenvalue weighted by Gasteiger charge is 2.18. The zero-order valence-corrected chi connectivity index (χ0v) is 13.6. The summed E-state index contributed by atoms with van der Waals surface area (Å²) < 4.78 is 0. The van der Waals surface area contributed by atoms with Gasteiger partial charge in [-0.05, 0) is 24.1 Å². The monoisotopic (exact) mass is 325 g/mol. The standard InChI is InChI=1S/C16H24ClN3O2/c17-15-3-1-14(2-4-15)5-6-18-16(22)13-20-9-7-19(8-10-20)11-12-21/h1-4,21H,5-13H2,(H,18,22). The van der Waals surface area contributed by atoms with Gasteiger partial charge in [-0.15, -0.1) is 0 Å². The SMILES string of the molecule is O=C(CN1CCN(CCO)CC1)NCCc1ccc(Cl)cc1. The number of nitrogens with zero attached hydrogens (tertiary/aromatic N) is 2. The van der Waals surface area contributed by atoms with Crippen LogP contribution in [0.5, 0.6) is 0 Å². The van der Waals surface area contributed by atoms with Crippen LogP contribution in [0.1, 0.15) is 5.56 Å². The number of benzene rings is 1. The van der Waals surface area contributed by atoms with Crippen LogP contribution in [0.3, 0.4) is 0 Å². The van der Waals surface area contributed by atoms with Crippen LogP contribution in [0.4, 0.5) is 0 Å². The van der Waals surface area contributed by atoms with Crippen molar-refractivity contribution in [2.24, 2.45) is 0 Å². The Kier molecular flexibility index (Phi) is 7.12. The number of carbonyl (C=O) groups is 1. The third-order valence-electron chi connectivity index (χ3n) is 3.90. The molecule has 2 rings (SSSR count). The summed E-state index contributed by atoms with van der Waals surface area (Å²) in [5.74, 6) is 0.0737. The molecule has 1 fully saturated rings. The molecule has 1 aliphatic heterocycles. The third-order valence-corrected chi connectivity index (χ3v) is 4.15. The van der Waals surface area contributed by atoms with Gasteiger partial charge in [0.05, 0.1) is 13.2 Å². The van der Waals surface area contributed by atoms with Gasteiger partial charge in [0, 0.05) is 44.3 Å². The zero-order chi connectivity index (χ0) is 15.8. The van der Waals surface area contributed by atoms with Gasteiger partial charge >= 0.3 is 0 Å². The largest absolute Gasteiger partial charge is 0.395 e. The summed E-state index contributed by atoms with van der Waals surface area (Å²) in [6, 6.07) is 7.69. The average molecular weight is 326 g/mol. The van der Waals surface area contributed by atoms with Crippen molar-refractivity contribution in [3.05, 3.63) is 34.9 Å². The predicted molar refractivity (Wildman–Crippen MR) is 88.1 cm³/mol. The maximum absolute atomic E-state index is 11.9. The van der Waals surface area contributed by atoms with Crippen LogP contribution in [0.25, 0.3) is 0 Å². The van der Waals surface area contributed by atoms with Crippen molar-refractivity contribution in [3.63, 3.8) is 0 Å². The van der Waals surface area contributed by atoms with Gasteiger partial charge in [-0.1, -0.05) is 23.7 Å². The molecule has 5 nitrogen and oxygen atoms in total. The van der Waals surface area contributed by atoms with Gasteiger partial charge in [0.15, 0.2) is 0 Å². The van der Waals surface area contributed by atoms with Crippen molar-refractivity contribution >= 4 is 17.5 Å². The van der Waals surface area contributed by atoms with E-state index in [2.05, 4.69) is 15.1 Å². The molecule has 0 unspecified atom stereocenters. The minimum absolute atomic E-state index is 0.0737. The maximum atomic E-state index is 11.9. The minimum Gasteiger partial charge on any atom is -0.395 e. The lowest BCUT2D eigenvalue weighted by molar-refractivity contribution is -0.122. The van der Waals surface area contributed by atoms with Crippen LogP contribution in [0, 0.1) is 0 Å². The summed E-state index contributed by atoms with van der Waals surface area (Å²) in [6.45, 7) is 5.61. The van der Waals surface area contributed by atoms with Crippen molar-refractivity contribution in [2.75, 3.05) is 52.4 Å². The normalized spacial score (nSPS) is 16.6. The van der Waals surface area contributed by atoms with E-state index in [1.807, 2.05) is 24.3 Å². The second-order valence-corrected chi connectivity index (χ2v) is 6.00. The van der Waals surface area contributed by atoms with E-state index in [1.165, 1.54) is 5.56 Å². The van der Waals surface area contributed by atoms with Gasteiger partial charge in [-0.25, -0.2) is 0 Å². The molecule has 1 aromatic carbocycles. The molecule has 0 radical (unpaired) electrons. The fourth-order valence-electron chi connectivity index (χ4n) is 2.57. The molecule has 0 spiro atoms. The second-order valence-electron chi connectivity index (χ2n) is 5.57. The van der Waals surface area contributed by atoms with Crippen molar-refractivity contribution in [1.29, 1.82) is 0 Å². The lowest BCUT2D eigenvalue weighted by atomic mass is 10.1. The molecule has 0 aromatic heterocycles. The van der Waals surface area contributed by atoms with E-state index in [4.69, 9.17) is 16.7 Å². The number of β-amino-alcohol motifs (C(OH)–C–C–N with tert-alkyl or cyclic N) is 1. The number of hydrogen-bond donors (Lipinski definition) is 2. The summed E-state index contributed by atoms with van der Waals surface area (Å²) in [5, 5.41) is 12.6. The maximum Gasteiger partial charge on any atom is 0.234 e. The smallest absolute Gasteiger partial charge is 0.234 e. The first-order valence-electron chi connectivity index (χ1n) is 7.74. The number of halogens is 1. The van der Waals surface area contributed by atoms with E-state index in [-0.39, 0.29) is 12.5 Å². The summed E-state index contributed by atoms with van der Waals surface area (Å²) in [4.78, 5) is 16.3. The number of aliphatic hydroxyl groups excluding tert-OH is 1. The Balaban J connectivity index is 1.61. The first-order chi connectivity index (χ1) is 10.7. The second kappa shape index (κ2) is 9.10. The lowest BCUT2D eigenvalue weighted by Gasteiger charge is -2.33. The first kappa shape index (κ1) is 17.2. The van der Waals surface area contributed by atoms with Crippen molar-refractivity contribution in [1.82, 2.24) is 15.1 Å². The predicted octanol–water partition coefficient (Wildman–Crippen LogP) is 0.609. The number of aliphatic hydroxyl groups is 1. The van der Waals surface area contributed by atoms with Crippen LogP contribution >= 0.6 is 11.6 Å². The fourth-order valence-corrected chi connectivity index (χ4v) is 2.69. The van der Waals surface area contributed by atoms with Crippen LogP contribution < -0.4 is 5.32 Å². The summed E-state index contributed by atoms with van der Waals surface area (Å²) in [7, 11) is 0. The van der Waals surface area contributed by atoms with E-state index in [0.717, 1.165) is 44.2 Å². The Hall–Kier alpha value is -1.14. The topological polar surface area (TPSA) is 55.8 Å². The van der Waals surface area contributed by atoms with Gasteiger partial charge in [0.1, 0.15) is 0 Å². The van der Waals surface area contributed by atoms with E-state index in [0.29, 0.717) is 13.1 Å². The highest BCUT2D eigenvalue weighted by Crippen LogP contribution is 2.09. The summed E-state index contributed by atoms with van der Waals surface area (Å²) in [5.41, 5.74) is 1.17. The molecule has 122 valence electrons. The lowest BCUT2D eigenvalue weighted by Crippen LogP contribution is -2.50. The van der Waals surface area contributed by atoms with Crippen molar-refractivity contribution in [3.8, 4) is 0 Å². The Morgan fingerprint density at radius 3 is 2.41 bits per heavy atom. The van der Waals surface area contributed by atoms with Crippen LogP contribution in [-0.4, -0.2) is 73.2 Å². The van der Waals surface area contributed by atoms with Gasteiger partial charge < -0.3 is 10.4 Å². The molecule has 1 saturated heterocycles. The molecular weight excluding hydrogens is 302 g/mol. The van der Waals surface area contributed by atoms with Crippen molar-refractivity contribution in [2.45, 2.75) is 6.42 Å². The molecule has 0 bridgehead atoms. The number of nitrogens with one attached hydrogen (secondary N) is 1. The van der Waals surface area contributed by atoms with E-state index < -0.39 is 0 Å². The zero-order valence-electron chi connectivity index (χ0n) is 12.8. The van der Waals surface area contributed by atoms with E-state index in [1.54, 1.807) is 0 Å². The Morgan fingerprint density at radius 1 is 1.14 bits per heavy atom. The number of carbonyl (C=O) groups excluding carboxylic acids is 1. The highest BCUT2D eigenvalue weighted by molar-refractivity contribution is 6.30. The van der Waals surface area contributed by atoms with Crippen LogP contribution in [0.15, 0.2) is 24.3 Å². The van der Waals surface area contributed by atoms with Crippen LogP contribution in [-0.2, 0) is 11.2 Å². The number of piperazine rings is 1. The Morgan fingerprint density at radius 2 is 1.77 bits per heavy atom. The molecule has 0 atom stereocenters. The van der Waals surface area contributed by atoms with E-state index >= 15 is 0 Å². The van der Waals surface area contributed by atoms with Crippen molar-refractivity contribution < 1.29 is 9.90 Å².